The number of thiophene rings is 1. The molecule has 4 rings (SSSR count). The molecule has 0 saturated carbocycles. The first-order valence-corrected chi connectivity index (χ1v) is 9.22. The van der Waals surface area contributed by atoms with Gasteiger partial charge in [0.15, 0.2) is 4.77 Å². The van der Waals surface area contributed by atoms with E-state index >= 15 is 0 Å². The Kier molecular flexibility index (Phi) is 4.11. The maximum absolute atomic E-state index is 12.9. The molecule has 0 amide bonds. The van der Waals surface area contributed by atoms with E-state index in [-0.39, 0.29) is 5.56 Å². The van der Waals surface area contributed by atoms with E-state index in [0.29, 0.717) is 16.0 Å². The van der Waals surface area contributed by atoms with Crippen molar-refractivity contribution in [3.8, 4) is 10.4 Å². The average molecular weight is 364 g/mol. The third kappa shape index (κ3) is 3.08. The fourth-order valence-corrected chi connectivity index (χ4v) is 4.14. The van der Waals surface area contributed by atoms with Gasteiger partial charge in [-0.15, -0.1) is 11.3 Å². The Bertz CT molecular complexity index is 1150. The monoisotopic (exact) mass is 364 g/mol. The van der Waals surface area contributed by atoms with E-state index < -0.39 is 0 Å². The van der Waals surface area contributed by atoms with Crippen LogP contribution >= 0.6 is 23.6 Å². The van der Waals surface area contributed by atoms with Crippen molar-refractivity contribution >= 4 is 33.8 Å². The van der Waals surface area contributed by atoms with Gasteiger partial charge in [0.1, 0.15) is 4.70 Å². The Hall–Kier alpha value is -2.50. The van der Waals surface area contributed by atoms with E-state index in [9.17, 15) is 4.79 Å². The summed E-state index contributed by atoms with van der Waals surface area (Å²) in [6, 6.07) is 20.2. The van der Waals surface area contributed by atoms with Gasteiger partial charge in [-0.1, -0.05) is 60.2 Å². The molecule has 0 fully saturated rings. The normalized spacial score (nSPS) is 11.1. The van der Waals surface area contributed by atoms with Crippen LogP contribution in [0.2, 0.25) is 0 Å². The van der Waals surface area contributed by atoms with Gasteiger partial charge in [-0.2, -0.15) is 0 Å². The van der Waals surface area contributed by atoms with Crippen LogP contribution in [0.4, 0.5) is 0 Å². The first-order valence-electron chi connectivity index (χ1n) is 7.99. The number of hydrogen-bond acceptors (Lipinski definition) is 3. The third-order valence-corrected chi connectivity index (χ3v) is 5.67. The van der Waals surface area contributed by atoms with Crippen molar-refractivity contribution in [3.05, 3.63) is 86.9 Å². The molecule has 0 atom stereocenters. The molecule has 2 aromatic carbocycles. The molecule has 0 aliphatic heterocycles. The van der Waals surface area contributed by atoms with Crippen molar-refractivity contribution in [1.29, 1.82) is 0 Å². The van der Waals surface area contributed by atoms with Crippen LogP contribution < -0.4 is 5.56 Å². The number of aryl methyl sites for hydroxylation is 1. The Morgan fingerprint density at radius 3 is 2.52 bits per heavy atom. The van der Waals surface area contributed by atoms with Gasteiger partial charge in [0.05, 0.1) is 12.1 Å². The molecule has 124 valence electrons. The Morgan fingerprint density at radius 1 is 1.08 bits per heavy atom. The predicted octanol–water partition coefficient (Wildman–Crippen LogP) is 5.14. The van der Waals surface area contributed by atoms with Gasteiger partial charge in [-0.25, -0.2) is 0 Å². The second kappa shape index (κ2) is 6.43. The Balaban J connectivity index is 1.83. The number of fused-ring (bicyclic) bond motifs is 1. The fourth-order valence-electron chi connectivity index (χ4n) is 2.81. The quantitative estimate of drug-likeness (QED) is 0.511. The van der Waals surface area contributed by atoms with Crippen molar-refractivity contribution in [2.24, 2.45) is 0 Å². The molecule has 0 aliphatic rings. The van der Waals surface area contributed by atoms with Crippen LogP contribution in [0.15, 0.2) is 65.5 Å². The van der Waals surface area contributed by atoms with E-state index in [1.165, 1.54) is 16.9 Å². The Morgan fingerprint density at radius 2 is 1.80 bits per heavy atom. The van der Waals surface area contributed by atoms with Crippen LogP contribution in [0.1, 0.15) is 11.1 Å². The second-order valence-electron chi connectivity index (χ2n) is 6.03. The number of nitrogens with zero attached hydrogens (tertiary/aromatic N) is 1. The highest BCUT2D eigenvalue weighted by Gasteiger charge is 2.11. The molecule has 2 heterocycles. The standard InChI is InChI=1S/C20H16N2OS2/c1-13-7-9-15(10-8-13)17-11-16-18(25-17)19(23)22(20(24)21-16)12-14-5-3-2-4-6-14/h2-11H,12H2,1H3,(H,21,24). The topological polar surface area (TPSA) is 37.8 Å². The molecule has 4 aromatic rings. The molecule has 0 aliphatic carbocycles. The summed E-state index contributed by atoms with van der Waals surface area (Å²) in [6.45, 7) is 2.54. The molecule has 0 bridgehead atoms. The van der Waals surface area contributed by atoms with Gasteiger partial charge in [0.2, 0.25) is 0 Å². The maximum Gasteiger partial charge on any atom is 0.272 e. The van der Waals surface area contributed by atoms with E-state index in [1.807, 2.05) is 36.4 Å². The van der Waals surface area contributed by atoms with Crippen LogP contribution in [0, 0.1) is 11.7 Å². The number of benzene rings is 2. The smallest absolute Gasteiger partial charge is 0.272 e. The van der Waals surface area contributed by atoms with Gasteiger partial charge >= 0.3 is 0 Å². The molecule has 0 radical (unpaired) electrons. The van der Waals surface area contributed by atoms with Gasteiger partial charge in [0, 0.05) is 4.88 Å². The minimum absolute atomic E-state index is 0.0361. The Labute approximate surface area is 154 Å². The molecule has 0 spiro atoms. The SMILES string of the molecule is Cc1ccc(-c2cc3[nH]c(=S)n(Cc4ccccc4)c(=O)c3s2)cc1. The minimum atomic E-state index is -0.0361. The zero-order valence-electron chi connectivity index (χ0n) is 13.7. The van der Waals surface area contributed by atoms with E-state index in [0.717, 1.165) is 21.5 Å². The zero-order valence-corrected chi connectivity index (χ0v) is 15.3. The molecule has 1 N–H and O–H groups in total. The zero-order chi connectivity index (χ0) is 17.4. The van der Waals surface area contributed by atoms with Crippen molar-refractivity contribution in [2.45, 2.75) is 13.5 Å². The third-order valence-electron chi connectivity index (χ3n) is 4.18. The lowest BCUT2D eigenvalue weighted by Crippen LogP contribution is -2.21. The van der Waals surface area contributed by atoms with Crippen molar-refractivity contribution < 1.29 is 0 Å². The lowest BCUT2D eigenvalue weighted by Gasteiger charge is -2.06. The highest BCUT2D eigenvalue weighted by atomic mass is 32.1. The minimum Gasteiger partial charge on any atom is -0.331 e. The summed E-state index contributed by atoms with van der Waals surface area (Å²) in [5.41, 5.74) is 4.15. The number of nitrogens with one attached hydrogen (secondary N) is 1. The van der Waals surface area contributed by atoms with E-state index in [1.54, 1.807) is 4.57 Å². The molecule has 0 saturated heterocycles. The largest absolute Gasteiger partial charge is 0.331 e. The number of hydrogen-bond donors (Lipinski definition) is 1. The van der Waals surface area contributed by atoms with Crippen LogP contribution in [0.3, 0.4) is 0 Å². The van der Waals surface area contributed by atoms with Crippen LogP contribution in [0.25, 0.3) is 20.7 Å². The summed E-state index contributed by atoms with van der Waals surface area (Å²) in [5.74, 6) is 0. The highest BCUT2D eigenvalue weighted by Crippen LogP contribution is 2.31. The number of aromatic nitrogens is 2. The summed E-state index contributed by atoms with van der Waals surface area (Å²) in [4.78, 5) is 17.2. The van der Waals surface area contributed by atoms with E-state index in [4.69, 9.17) is 12.2 Å². The molecular formula is C20H16N2OS2. The molecule has 3 nitrogen and oxygen atoms in total. The maximum atomic E-state index is 12.9. The van der Waals surface area contributed by atoms with Crippen LogP contribution in [0.5, 0.6) is 0 Å². The summed E-state index contributed by atoms with van der Waals surface area (Å²) >= 11 is 6.93. The summed E-state index contributed by atoms with van der Waals surface area (Å²) in [5, 5.41) is 0. The van der Waals surface area contributed by atoms with Crippen LogP contribution in [-0.4, -0.2) is 9.55 Å². The first-order chi connectivity index (χ1) is 12.1. The van der Waals surface area contributed by atoms with Gasteiger partial charge in [0.25, 0.3) is 5.56 Å². The van der Waals surface area contributed by atoms with Crippen LogP contribution in [-0.2, 0) is 6.54 Å². The molecule has 2 aromatic heterocycles. The molecule has 5 heteroatoms. The van der Waals surface area contributed by atoms with Gasteiger partial charge in [-0.05, 0) is 36.3 Å². The van der Waals surface area contributed by atoms with Gasteiger partial charge in [-0.3, -0.25) is 9.36 Å². The predicted molar refractivity (Wildman–Crippen MR) is 107 cm³/mol. The molecule has 0 unspecified atom stereocenters. The summed E-state index contributed by atoms with van der Waals surface area (Å²) in [7, 11) is 0. The van der Waals surface area contributed by atoms with Crippen molar-refractivity contribution in [2.75, 3.05) is 0 Å². The number of aromatic amines is 1. The molecule has 25 heavy (non-hydrogen) atoms. The summed E-state index contributed by atoms with van der Waals surface area (Å²) in [6.07, 6.45) is 0. The number of H-pyrrole nitrogens is 1. The first kappa shape index (κ1) is 16.0. The average Bonchev–Trinajstić information content (AvgIpc) is 3.04. The molecular weight excluding hydrogens is 348 g/mol. The van der Waals surface area contributed by atoms with Crippen molar-refractivity contribution in [1.82, 2.24) is 9.55 Å². The number of rotatable bonds is 3. The lowest BCUT2D eigenvalue weighted by molar-refractivity contribution is 0.736. The lowest BCUT2D eigenvalue weighted by atomic mass is 10.1. The summed E-state index contributed by atoms with van der Waals surface area (Å²) < 4.78 is 2.79. The van der Waals surface area contributed by atoms with Gasteiger partial charge < -0.3 is 4.98 Å². The fraction of sp³-hybridized carbons (Fsp3) is 0.100. The highest BCUT2D eigenvalue weighted by molar-refractivity contribution is 7.71. The van der Waals surface area contributed by atoms with Crippen molar-refractivity contribution in [3.63, 3.8) is 0 Å². The second-order valence-corrected chi connectivity index (χ2v) is 7.47. The van der Waals surface area contributed by atoms with E-state index in [2.05, 4.69) is 36.2 Å².